The smallest absolute Gasteiger partial charge is 0.181 e. The number of nitrogens with one attached hydrogen (secondary N) is 2. The maximum atomic E-state index is 7.81. The Morgan fingerprint density at radius 1 is 1.00 bits per heavy atom. The van der Waals surface area contributed by atoms with E-state index in [1.54, 1.807) is 26.2 Å². The molecule has 4 nitrogen and oxygen atoms in total. The van der Waals surface area contributed by atoms with E-state index in [1.165, 1.54) is 0 Å². The van der Waals surface area contributed by atoms with Gasteiger partial charge in [-0.1, -0.05) is 13.2 Å². The van der Waals surface area contributed by atoms with E-state index < -0.39 is 0 Å². The van der Waals surface area contributed by atoms with Crippen molar-refractivity contribution in [2.24, 2.45) is 0 Å². The number of hydrogen-bond acceptors (Lipinski definition) is 4. The van der Waals surface area contributed by atoms with Crippen LogP contribution in [0.3, 0.4) is 0 Å². The van der Waals surface area contributed by atoms with Crippen molar-refractivity contribution in [2.75, 3.05) is 0 Å². The van der Waals surface area contributed by atoms with Crippen LogP contribution in [-0.4, -0.2) is 0 Å². The van der Waals surface area contributed by atoms with Crippen LogP contribution in [-0.2, 0) is 0 Å². The van der Waals surface area contributed by atoms with Gasteiger partial charge in [-0.15, -0.1) is 0 Å². The van der Waals surface area contributed by atoms with Gasteiger partial charge in [-0.05, 0) is 13.8 Å². The zero-order valence-electron chi connectivity index (χ0n) is 7.31. The second-order valence-corrected chi connectivity index (χ2v) is 2.03. The SMILES string of the molecule is C=C(C)NC#N.C=C(C)NC#N. The summed E-state index contributed by atoms with van der Waals surface area (Å²) in [6, 6.07) is 0. The van der Waals surface area contributed by atoms with Crippen LogP contribution in [0.1, 0.15) is 13.8 Å². The molecule has 0 atom stereocenters. The normalized spacial score (nSPS) is 6.00. The largest absolute Gasteiger partial charge is 0.298 e. The monoisotopic (exact) mass is 164 g/mol. The van der Waals surface area contributed by atoms with Crippen LogP contribution in [0.4, 0.5) is 0 Å². The fraction of sp³-hybridized carbons (Fsp3) is 0.250. The molecule has 0 saturated heterocycles. The summed E-state index contributed by atoms with van der Waals surface area (Å²) >= 11 is 0. The molecule has 0 aliphatic carbocycles. The Hall–Kier alpha value is -1.94. The van der Waals surface area contributed by atoms with Crippen molar-refractivity contribution in [3.63, 3.8) is 0 Å². The Morgan fingerprint density at radius 3 is 1.25 bits per heavy atom. The maximum absolute atomic E-state index is 7.81. The van der Waals surface area contributed by atoms with E-state index >= 15 is 0 Å². The highest BCUT2D eigenvalue weighted by Crippen LogP contribution is 1.70. The molecule has 0 bridgehead atoms. The van der Waals surface area contributed by atoms with Crippen LogP contribution in [0.15, 0.2) is 24.6 Å². The average Bonchev–Trinajstić information content (AvgIpc) is 1.87. The number of rotatable bonds is 2. The molecular formula is C8H12N4. The first-order valence-corrected chi connectivity index (χ1v) is 3.15. The first-order chi connectivity index (χ1) is 5.54. The van der Waals surface area contributed by atoms with Gasteiger partial charge in [-0.2, -0.15) is 10.5 Å². The van der Waals surface area contributed by atoms with Gasteiger partial charge >= 0.3 is 0 Å². The molecule has 0 aliphatic rings. The summed E-state index contributed by atoms with van der Waals surface area (Å²) in [4.78, 5) is 0. The standard InChI is InChI=1S/2C4H6N2/c2*1-4(2)6-3-5/h2*6H,1H2,2H3. The van der Waals surface area contributed by atoms with Gasteiger partial charge in [0.25, 0.3) is 0 Å². The highest BCUT2D eigenvalue weighted by molar-refractivity contribution is 4.91. The van der Waals surface area contributed by atoms with Gasteiger partial charge in [0.05, 0.1) is 0 Å². The fourth-order valence-electron chi connectivity index (χ4n) is 0.191. The van der Waals surface area contributed by atoms with Gasteiger partial charge in [0.2, 0.25) is 0 Å². The summed E-state index contributed by atoms with van der Waals surface area (Å²) in [6.07, 6.45) is 3.44. The van der Waals surface area contributed by atoms with Gasteiger partial charge in [0.1, 0.15) is 0 Å². The zero-order chi connectivity index (χ0) is 9.98. The summed E-state index contributed by atoms with van der Waals surface area (Å²) in [7, 11) is 0. The number of nitrogens with zero attached hydrogens (tertiary/aromatic N) is 2. The molecule has 0 radical (unpaired) electrons. The molecular weight excluding hydrogens is 152 g/mol. The van der Waals surface area contributed by atoms with E-state index in [1.807, 2.05) is 0 Å². The van der Waals surface area contributed by atoms with Crippen LogP contribution < -0.4 is 10.6 Å². The van der Waals surface area contributed by atoms with Crippen molar-refractivity contribution in [1.82, 2.24) is 10.6 Å². The lowest BCUT2D eigenvalue weighted by molar-refractivity contribution is 1.08. The third kappa shape index (κ3) is 24.4. The van der Waals surface area contributed by atoms with E-state index in [-0.39, 0.29) is 0 Å². The molecule has 0 spiro atoms. The molecule has 0 amide bonds. The van der Waals surface area contributed by atoms with E-state index in [0.717, 1.165) is 0 Å². The molecule has 0 aliphatic heterocycles. The van der Waals surface area contributed by atoms with Crippen molar-refractivity contribution in [1.29, 1.82) is 10.5 Å². The summed E-state index contributed by atoms with van der Waals surface area (Å²) < 4.78 is 0. The summed E-state index contributed by atoms with van der Waals surface area (Å²) in [6.45, 7) is 10.3. The van der Waals surface area contributed by atoms with E-state index in [2.05, 4.69) is 23.8 Å². The van der Waals surface area contributed by atoms with Crippen molar-refractivity contribution < 1.29 is 0 Å². The molecule has 0 fully saturated rings. The van der Waals surface area contributed by atoms with E-state index in [0.29, 0.717) is 11.4 Å². The maximum Gasteiger partial charge on any atom is 0.181 e. The minimum absolute atomic E-state index is 0.678. The molecule has 0 aromatic heterocycles. The molecule has 4 heteroatoms. The van der Waals surface area contributed by atoms with Crippen molar-refractivity contribution in [3.05, 3.63) is 24.6 Å². The summed E-state index contributed by atoms with van der Waals surface area (Å²) in [5, 5.41) is 20.3. The van der Waals surface area contributed by atoms with Gasteiger partial charge < -0.3 is 0 Å². The molecule has 0 heterocycles. The molecule has 64 valence electrons. The molecule has 0 aromatic rings. The Balaban J connectivity index is 0. The van der Waals surface area contributed by atoms with E-state index in [9.17, 15) is 0 Å². The lowest BCUT2D eigenvalue weighted by Crippen LogP contribution is -1.97. The number of nitriles is 2. The summed E-state index contributed by atoms with van der Waals surface area (Å²) in [5.41, 5.74) is 1.36. The molecule has 2 N–H and O–H groups in total. The lowest BCUT2D eigenvalue weighted by atomic mass is 10.6. The third-order valence-electron chi connectivity index (χ3n) is 0.539. The van der Waals surface area contributed by atoms with Crippen LogP contribution >= 0.6 is 0 Å². The van der Waals surface area contributed by atoms with Gasteiger partial charge in [-0.25, -0.2) is 0 Å². The first kappa shape index (κ1) is 12.7. The van der Waals surface area contributed by atoms with Crippen molar-refractivity contribution >= 4 is 0 Å². The van der Waals surface area contributed by atoms with Gasteiger partial charge in [0, 0.05) is 11.4 Å². The highest BCUT2D eigenvalue weighted by atomic mass is 14.9. The van der Waals surface area contributed by atoms with Crippen LogP contribution in [0.25, 0.3) is 0 Å². The highest BCUT2D eigenvalue weighted by Gasteiger charge is 1.70. The minimum atomic E-state index is 0.678. The Kier molecular flexibility index (Phi) is 9.60. The van der Waals surface area contributed by atoms with Gasteiger partial charge in [-0.3, -0.25) is 10.6 Å². The average molecular weight is 164 g/mol. The van der Waals surface area contributed by atoms with Crippen molar-refractivity contribution in [2.45, 2.75) is 13.8 Å². The van der Waals surface area contributed by atoms with E-state index in [4.69, 9.17) is 10.5 Å². The molecule has 0 unspecified atom stereocenters. The Labute approximate surface area is 72.8 Å². The minimum Gasteiger partial charge on any atom is -0.298 e. The predicted molar refractivity (Wildman–Crippen MR) is 47.1 cm³/mol. The van der Waals surface area contributed by atoms with Gasteiger partial charge in [0.15, 0.2) is 12.4 Å². The second kappa shape index (κ2) is 9.06. The van der Waals surface area contributed by atoms with Crippen LogP contribution in [0.5, 0.6) is 0 Å². The first-order valence-electron chi connectivity index (χ1n) is 3.15. The topological polar surface area (TPSA) is 71.6 Å². The lowest BCUT2D eigenvalue weighted by Gasteiger charge is -1.83. The number of hydrogen-bond donors (Lipinski definition) is 2. The van der Waals surface area contributed by atoms with Crippen LogP contribution in [0, 0.1) is 22.9 Å². The summed E-state index contributed by atoms with van der Waals surface area (Å²) in [5.74, 6) is 0. The zero-order valence-corrected chi connectivity index (χ0v) is 7.31. The van der Waals surface area contributed by atoms with Crippen molar-refractivity contribution in [3.8, 4) is 12.4 Å². The molecule has 12 heavy (non-hydrogen) atoms. The molecule has 0 saturated carbocycles. The van der Waals surface area contributed by atoms with Crippen LogP contribution in [0.2, 0.25) is 0 Å². The molecule has 0 rings (SSSR count). The third-order valence-corrected chi connectivity index (χ3v) is 0.539. The number of allylic oxidation sites excluding steroid dienone is 2. The fourth-order valence-corrected chi connectivity index (χ4v) is 0.191. The Bertz CT molecular complexity index is 202. The quantitative estimate of drug-likeness (QED) is 0.475. The predicted octanol–water partition coefficient (Wildman–Crippen LogP) is 1.18. The molecule has 0 aromatic carbocycles. The Morgan fingerprint density at radius 2 is 1.25 bits per heavy atom. The second-order valence-electron chi connectivity index (χ2n) is 2.03.